The van der Waals surface area contributed by atoms with Crippen LogP contribution in [0.25, 0.3) is 0 Å². The van der Waals surface area contributed by atoms with Crippen LogP contribution in [0.5, 0.6) is 0 Å². The number of benzene rings is 1. The van der Waals surface area contributed by atoms with E-state index < -0.39 is 15.9 Å². The second-order valence-corrected chi connectivity index (χ2v) is 7.68. The molecule has 1 aliphatic carbocycles. The van der Waals surface area contributed by atoms with Gasteiger partial charge in [0, 0.05) is 11.6 Å². The topological polar surface area (TPSA) is 89.3 Å². The number of primary sulfonamides is 1. The molecule has 1 fully saturated rings. The van der Waals surface area contributed by atoms with Crippen LogP contribution in [-0.4, -0.2) is 20.9 Å². The zero-order valence-corrected chi connectivity index (χ0v) is 13.7. The van der Waals surface area contributed by atoms with Gasteiger partial charge in [-0.2, -0.15) is 0 Å². The summed E-state index contributed by atoms with van der Waals surface area (Å²) in [6, 6.07) is 2.46. The molecule has 1 unspecified atom stereocenters. The zero-order chi connectivity index (χ0) is 15.8. The van der Waals surface area contributed by atoms with Gasteiger partial charge in [0.25, 0.3) is 5.91 Å². The van der Waals surface area contributed by atoms with Gasteiger partial charge in [0.1, 0.15) is 4.90 Å². The van der Waals surface area contributed by atoms with Crippen molar-refractivity contribution in [3.8, 4) is 0 Å². The Kier molecular flexibility index (Phi) is 4.82. The lowest BCUT2D eigenvalue weighted by Gasteiger charge is -2.13. The van der Waals surface area contributed by atoms with Crippen molar-refractivity contribution < 1.29 is 13.2 Å². The van der Waals surface area contributed by atoms with E-state index in [0.29, 0.717) is 18.4 Å². The Labute approximate surface area is 133 Å². The fourth-order valence-electron chi connectivity index (χ4n) is 2.12. The number of nitrogens with two attached hydrogens (primary N) is 1. The number of hydrogen-bond donors (Lipinski definition) is 2. The Morgan fingerprint density at radius 3 is 2.57 bits per heavy atom. The van der Waals surface area contributed by atoms with E-state index in [2.05, 4.69) is 12.2 Å². The number of amides is 1. The van der Waals surface area contributed by atoms with E-state index in [1.165, 1.54) is 18.9 Å². The van der Waals surface area contributed by atoms with Gasteiger partial charge in [0.2, 0.25) is 10.0 Å². The Morgan fingerprint density at radius 2 is 2.05 bits per heavy atom. The molecular formula is C13H16Cl2N2O3S. The standard InChI is InChI=1S/C13H16Cl2N2O3S/c1-7(8-2-3-8)6-17-13(18)10-4-9(14)5-11(12(10)15)21(16,19)20/h4-5,7-8H,2-3,6H2,1H3,(H,17,18)(H2,16,19,20). The lowest BCUT2D eigenvalue weighted by Crippen LogP contribution is -2.29. The van der Waals surface area contributed by atoms with E-state index in [4.69, 9.17) is 28.3 Å². The van der Waals surface area contributed by atoms with Crippen molar-refractivity contribution in [2.75, 3.05) is 6.54 Å². The number of hydrogen-bond acceptors (Lipinski definition) is 3. The minimum Gasteiger partial charge on any atom is -0.352 e. The summed E-state index contributed by atoms with van der Waals surface area (Å²) in [4.78, 5) is 11.8. The fraction of sp³-hybridized carbons (Fsp3) is 0.462. The molecular weight excluding hydrogens is 335 g/mol. The lowest BCUT2D eigenvalue weighted by atomic mass is 10.1. The third-order valence-electron chi connectivity index (χ3n) is 3.57. The summed E-state index contributed by atoms with van der Waals surface area (Å²) in [7, 11) is -4.04. The van der Waals surface area contributed by atoms with Crippen LogP contribution in [0.4, 0.5) is 0 Å². The molecule has 0 radical (unpaired) electrons. The van der Waals surface area contributed by atoms with Crippen LogP contribution < -0.4 is 10.5 Å². The first-order valence-electron chi connectivity index (χ1n) is 6.50. The Balaban J connectivity index is 2.22. The lowest BCUT2D eigenvalue weighted by molar-refractivity contribution is 0.0946. The smallest absolute Gasteiger partial charge is 0.252 e. The molecule has 5 nitrogen and oxygen atoms in total. The van der Waals surface area contributed by atoms with Crippen molar-refractivity contribution >= 4 is 39.1 Å². The van der Waals surface area contributed by atoms with Crippen molar-refractivity contribution in [2.45, 2.75) is 24.7 Å². The molecule has 0 bridgehead atoms. The Bertz CT molecular complexity index is 672. The molecule has 1 saturated carbocycles. The van der Waals surface area contributed by atoms with Crippen LogP contribution in [0.1, 0.15) is 30.1 Å². The van der Waals surface area contributed by atoms with Gasteiger partial charge >= 0.3 is 0 Å². The second-order valence-electron chi connectivity index (χ2n) is 5.34. The Hall–Kier alpha value is -0.820. The third-order valence-corrected chi connectivity index (χ3v) is 5.24. The first-order valence-corrected chi connectivity index (χ1v) is 8.80. The molecule has 8 heteroatoms. The molecule has 1 aromatic rings. The van der Waals surface area contributed by atoms with Gasteiger partial charge in [-0.25, -0.2) is 13.6 Å². The van der Waals surface area contributed by atoms with Gasteiger partial charge in [0.15, 0.2) is 0 Å². The molecule has 0 saturated heterocycles. The first kappa shape index (κ1) is 16.5. The highest BCUT2D eigenvalue weighted by atomic mass is 35.5. The van der Waals surface area contributed by atoms with Gasteiger partial charge in [-0.1, -0.05) is 30.1 Å². The molecule has 3 N–H and O–H groups in total. The van der Waals surface area contributed by atoms with Crippen molar-refractivity contribution in [1.82, 2.24) is 5.32 Å². The fourth-order valence-corrected chi connectivity index (χ4v) is 3.57. The summed E-state index contributed by atoms with van der Waals surface area (Å²) in [5.74, 6) is 0.574. The average molecular weight is 351 g/mol. The maximum Gasteiger partial charge on any atom is 0.252 e. The molecule has 0 heterocycles. The zero-order valence-electron chi connectivity index (χ0n) is 11.4. The van der Waals surface area contributed by atoms with E-state index in [-0.39, 0.29) is 20.5 Å². The molecule has 116 valence electrons. The predicted molar refractivity (Wildman–Crippen MR) is 82.1 cm³/mol. The molecule has 0 spiro atoms. The predicted octanol–water partition coefficient (Wildman–Crippen LogP) is 2.42. The largest absolute Gasteiger partial charge is 0.352 e. The maximum absolute atomic E-state index is 12.2. The summed E-state index contributed by atoms with van der Waals surface area (Å²) < 4.78 is 22.9. The molecule has 0 aromatic heterocycles. The van der Waals surface area contributed by atoms with Crippen LogP contribution in [0.2, 0.25) is 10.0 Å². The highest BCUT2D eigenvalue weighted by molar-refractivity contribution is 7.89. The van der Waals surface area contributed by atoms with E-state index in [1.54, 1.807) is 0 Å². The number of nitrogens with one attached hydrogen (secondary N) is 1. The highest BCUT2D eigenvalue weighted by Gasteiger charge is 2.28. The van der Waals surface area contributed by atoms with Crippen molar-refractivity contribution in [3.63, 3.8) is 0 Å². The van der Waals surface area contributed by atoms with Gasteiger partial charge in [-0.15, -0.1) is 0 Å². The van der Waals surface area contributed by atoms with Gasteiger partial charge < -0.3 is 5.32 Å². The van der Waals surface area contributed by atoms with Crippen molar-refractivity contribution in [2.24, 2.45) is 17.0 Å². The summed E-state index contributed by atoms with van der Waals surface area (Å²) in [5.41, 5.74) is 0.0104. The second kappa shape index (κ2) is 6.12. The molecule has 21 heavy (non-hydrogen) atoms. The van der Waals surface area contributed by atoms with Crippen molar-refractivity contribution in [1.29, 1.82) is 0 Å². The van der Waals surface area contributed by atoms with Gasteiger partial charge in [-0.3, -0.25) is 4.79 Å². The maximum atomic E-state index is 12.2. The molecule has 1 aliphatic rings. The van der Waals surface area contributed by atoms with Crippen molar-refractivity contribution in [3.05, 3.63) is 27.7 Å². The summed E-state index contributed by atoms with van der Waals surface area (Å²) >= 11 is 11.8. The number of rotatable bonds is 5. The SMILES string of the molecule is CC(CNC(=O)c1cc(Cl)cc(S(N)(=O)=O)c1Cl)C1CC1. The third kappa shape index (κ3) is 4.10. The average Bonchev–Trinajstić information content (AvgIpc) is 3.20. The molecule has 0 aliphatic heterocycles. The number of halogens is 2. The van der Waals surface area contributed by atoms with Gasteiger partial charge in [0.05, 0.1) is 10.6 Å². The van der Waals surface area contributed by atoms with E-state index in [9.17, 15) is 13.2 Å². The number of carbonyl (C=O) groups excluding carboxylic acids is 1. The van der Waals surface area contributed by atoms with E-state index in [0.717, 1.165) is 6.07 Å². The minimum absolute atomic E-state index is 0.0104. The van der Waals surface area contributed by atoms with Crippen LogP contribution in [0.15, 0.2) is 17.0 Å². The summed E-state index contributed by atoms with van der Waals surface area (Å²) in [5, 5.41) is 7.69. The molecule has 1 atom stereocenters. The highest BCUT2D eigenvalue weighted by Crippen LogP contribution is 2.36. The summed E-state index contributed by atoms with van der Waals surface area (Å²) in [6.07, 6.45) is 2.37. The number of carbonyl (C=O) groups is 1. The van der Waals surface area contributed by atoms with E-state index >= 15 is 0 Å². The van der Waals surface area contributed by atoms with Gasteiger partial charge in [-0.05, 0) is 36.8 Å². The molecule has 1 aromatic carbocycles. The van der Waals surface area contributed by atoms with Crippen LogP contribution in [0.3, 0.4) is 0 Å². The van der Waals surface area contributed by atoms with Crippen LogP contribution >= 0.6 is 23.2 Å². The first-order chi connectivity index (χ1) is 9.70. The minimum atomic E-state index is -4.04. The monoisotopic (exact) mass is 350 g/mol. The Morgan fingerprint density at radius 1 is 1.43 bits per heavy atom. The van der Waals surface area contributed by atoms with Crippen LogP contribution in [-0.2, 0) is 10.0 Å². The number of sulfonamides is 1. The molecule has 2 rings (SSSR count). The van der Waals surface area contributed by atoms with Crippen LogP contribution in [0, 0.1) is 11.8 Å². The molecule has 1 amide bonds. The van der Waals surface area contributed by atoms with E-state index in [1.807, 2.05) is 0 Å². The summed E-state index contributed by atoms with van der Waals surface area (Å²) in [6.45, 7) is 2.57. The normalized spacial score (nSPS) is 16.6. The quantitative estimate of drug-likeness (QED) is 0.854.